The van der Waals surface area contributed by atoms with Crippen LogP contribution in [0.5, 0.6) is 5.75 Å². The first-order valence-corrected chi connectivity index (χ1v) is 6.17. The molecule has 1 N–H and O–H groups in total. The molecule has 3 nitrogen and oxygen atoms in total. The van der Waals surface area contributed by atoms with Crippen molar-refractivity contribution in [1.29, 1.82) is 0 Å². The summed E-state index contributed by atoms with van der Waals surface area (Å²) in [5, 5.41) is 0.333. The van der Waals surface area contributed by atoms with Crippen LogP contribution in [0.15, 0.2) is 23.0 Å². The van der Waals surface area contributed by atoms with E-state index < -0.39 is 12.8 Å². The third-order valence-electron chi connectivity index (χ3n) is 3.07. The lowest BCUT2D eigenvalue weighted by molar-refractivity contribution is -0.153. The first kappa shape index (κ1) is 14.4. The summed E-state index contributed by atoms with van der Waals surface area (Å²) in [7, 11) is 0. The summed E-state index contributed by atoms with van der Waals surface area (Å²) < 4.78 is 41.0. The lowest BCUT2D eigenvalue weighted by Crippen LogP contribution is -2.19. The normalized spacial score (nSPS) is 11.8. The molecule has 0 radical (unpaired) electrons. The van der Waals surface area contributed by atoms with Crippen LogP contribution in [0.25, 0.3) is 10.9 Å². The number of H-pyrrole nitrogens is 1. The van der Waals surface area contributed by atoms with Crippen LogP contribution in [-0.4, -0.2) is 17.8 Å². The van der Waals surface area contributed by atoms with Gasteiger partial charge in [0, 0.05) is 22.2 Å². The molecular formula is C14H14F3NO2. The number of pyridine rings is 1. The first-order chi connectivity index (χ1) is 9.31. The molecule has 20 heavy (non-hydrogen) atoms. The summed E-state index contributed by atoms with van der Waals surface area (Å²) in [5.74, 6) is 0.0315. The van der Waals surface area contributed by atoms with E-state index in [1.807, 2.05) is 6.92 Å². The second-order valence-electron chi connectivity index (χ2n) is 4.52. The van der Waals surface area contributed by atoms with Crippen molar-refractivity contribution in [2.24, 2.45) is 0 Å². The maximum atomic E-state index is 12.2. The smallest absolute Gasteiger partial charge is 0.422 e. The van der Waals surface area contributed by atoms with Crippen molar-refractivity contribution in [2.45, 2.75) is 26.4 Å². The quantitative estimate of drug-likeness (QED) is 0.939. The van der Waals surface area contributed by atoms with Crippen LogP contribution >= 0.6 is 0 Å². The Bertz CT molecular complexity index is 689. The largest absolute Gasteiger partial charge is 0.484 e. The van der Waals surface area contributed by atoms with Crippen LogP contribution in [0.4, 0.5) is 13.2 Å². The summed E-state index contributed by atoms with van der Waals surface area (Å²) in [6.07, 6.45) is -3.72. The fraction of sp³-hybridized carbons (Fsp3) is 0.357. The average molecular weight is 285 g/mol. The number of nitrogens with one attached hydrogen (secondary N) is 1. The first-order valence-electron chi connectivity index (χ1n) is 6.17. The fourth-order valence-electron chi connectivity index (χ4n) is 2.02. The van der Waals surface area contributed by atoms with Crippen molar-refractivity contribution in [3.8, 4) is 5.75 Å². The number of halogens is 3. The van der Waals surface area contributed by atoms with Crippen LogP contribution in [0, 0.1) is 6.92 Å². The highest BCUT2D eigenvalue weighted by Crippen LogP contribution is 2.21. The van der Waals surface area contributed by atoms with Gasteiger partial charge in [-0.25, -0.2) is 0 Å². The molecule has 0 bridgehead atoms. The van der Waals surface area contributed by atoms with Gasteiger partial charge in [0.25, 0.3) is 0 Å². The van der Waals surface area contributed by atoms with Gasteiger partial charge in [-0.2, -0.15) is 13.2 Å². The lowest BCUT2D eigenvalue weighted by Gasteiger charge is -2.11. The monoisotopic (exact) mass is 285 g/mol. The fourth-order valence-corrected chi connectivity index (χ4v) is 2.02. The van der Waals surface area contributed by atoms with Gasteiger partial charge >= 0.3 is 6.18 Å². The van der Waals surface area contributed by atoms with E-state index in [1.54, 1.807) is 13.0 Å². The molecule has 6 heteroatoms. The molecule has 0 amide bonds. The zero-order valence-electron chi connectivity index (χ0n) is 11.1. The number of rotatable bonds is 3. The van der Waals surface area contributed by atoms with Gasteiger partial charge in [0.1, 0.15) is 5.75 Å². The number of benzene rings is 1. The number of hydrogen-bond donors (Lipinski definition) is 1. The second-order valence-corrected chi connectivity index (χ2v) is 4.52. The zero-order chi connectivity index (χ0) is 14.9. The van der Waals surface area contributed by atoms with E-state index in [1.165, 1.54) is 12.1 Å². The number of ether oxygens (including phenoxy) is 1. The number of alkyl halides is 3. The molecule has 0 saturated carbocycles. The van der Waals surface area contributed by atoms with Crippen LogP contribution in [0.3, 0.4) is 0 Å². The minimum Gasteiger partial charge on any atom is -0.484 e. The molecule has 0 aliphatic heterocycles. The molecule has 0 unspecified atom stereocenters. The van der Waals surface area contributed by atoms with E-state index in [2.05, 4.69) is 9.72 Å². The molecule has 2 aromatic rings. The van der Waals surface area contributed by atoms with Crippen molar-refractivity contribution in [3.63, 3.8) is 0 Å². The van der Waals surface area contributed by atoms with E-state index in [4.69, 9.17) is 0 Å². The number of aromatic amines is 1. The van der Waals surface area contributed by atoms with E-state index in [9.17, 15) is 18.0 Å². The van der Waals surface area contributed by atoms with Gasteiger partial charge in [0.15, 0.2) is 12.0 Å². The summed E-state index contributed by atoms with van der Waals surface area (Å²) in [5.41, 5.74) is 1.81. The van der Waals surface area contributed by atoms with Crippen molar-refractivity contribution in [3.05, 3.63) is 39.7 Å². The van der Waals surface area contributed by atoms with E-state index >= 15 is 0 Å². The maximum absolute atomic E-state index is 12.2. The van der Waals surface area contributed by atoms with Gasteiger partial charge in [-0.05, 0) is 31.5 Å². The standard InChI is InChI=1S/C14H14F3NO2/c1-3-11-8(2)13(19)10-6-9(4-5-12(10)18-11)20-7-14(15,16)17/h4-6H,3,7H2,1-2H3,(H,18,19). The molecule has 0 fully saturated rings. The Hall–Kier alpha value is -1.98. The second kappa shape index (κ2) is 5.19. The van der Waals surface area contributed by atoms with Gasteiger partial charge in [-0.15, -0.1) is 0 Å². The number of fused-ring (bicyclic) bond motifs is 1. The number of aromatic nitrogens is 1. The van der Waals surface area contributed by atoms with Gasteiger partial charge in [-0.1, -0.05) is 6.92 Å². The van der Waals surface area contributed by atoms with Gasteiger partial charge in [-0.3, -0.25) is 4.79 Å². The Morgan fingerprint density at radius 2 is 2.00 bits per heavy atom. The Labute approximate surface area is 113 Å². The molecule has 108 valence electrons. The van der Waals surface area contributed by atoms with Crippen LogP contribution in [-0.2, 0) is 6.42 Å². The summed E-state index contributed by atoms with van der Waals surface area (Å²) >= 11 is 0. The third-order valence-corrected chi connectivity index (χ3v) is 3.07. The molecule has 1 heterocycles. The van der Waals surface area contributed by atoms with E-state index in [0.717, 1.165) is 5.69 Å². The summed E-state index contributed by atoms with van der Waals surface area (Å²) in [6.45, 7) is 2.24. The highest BCUT2D eigenvalue weighted by Gasteiger charge is 2.28. The Morgan fingerprint density at radius 3 is 2.60 bits per heavy atom. The number of aryl methyl sites for hydroxylation is 1. The predicted octanol–water partition coefficient (Wildman–Crippen LogP) is 3.34. The molecule has 0 aliphatic carbocycles. The van der Waals surface area contributed by atoms with E-state index in [0.29, 0.717) is 22.9 Å². The predicted molar refractivity (Wildman–Crippen MR) is 70.2 cm³/mol. The minimum absolute atomic E-state index is 0.0315. The van der Waals surface area contributed by atoms with Crippen molar-refractivity contribution in [2.75, 3.05) is 6.61 Å². The molecule has 1 aromatic carbocycles. The molecule has 1 aromatic heterocycles. The Balaban J connectivity index is 2.44. The van der Waals surface area contributed by atoms with Gasteiger partial charge < -0.3 is 9.72 Å². The summed E-state index contributed by atoms with van der Waals surface area (Å²) in [6, 6.07) is 4.31. The van der Waals surface area contributed by atoms with Crippen molar-refractivity contribution >= 4 is 10.9 Å². The molecule has 0 atom stereocenters. The topological polar surface area (TPSA) is 42.1 Å². The highest BCUT2D eigenvalue weighted by atomic mass is 19.4. The highest BCUT2D eigenvalue weighted by molar-refractivity contribution is 5.81. The SMILES string of the molecule is CCc1[nH]c2ccc(OCC(F)(F)F)cc2c(=O)c1C. The molecule has 2 rings (SSSR count). The van der Waals surface area contributed by atoms with Crippen LogP contribution < -0.4 is 10.2 Å². The Kier molecular flexibility index (Phi) is 3.74. The van der Waals surface area contributed by atoms with Crippen LogP contribution in [0.1, 0.15) is 18.2 Å². The number of hydrogen-bond acceptors (Lipinski definition) is 2. The zero-order valence-corrected chi connectivity index (χ0v) is 11.1. The minimum atomic E-state index is -4.40. The molecular weight excluding hydrogens is 271 g/mol. The van der Waals surface area contributed by atoms with Crippen molar-refractivity contribution in [1.82, 2.24) is 4.98 Å². The van der Waals surface area contributed by atoms with Gasteiger partial charge in [0.2, 0.25) is 0 Å². The summed E-state index contributed by atoms with van der Waals surface area (Å²) in [4.78, 5) is 15.3. The molecule has 0 saturated heterocycles. The Morgan fingerprint density at radius 1 is 1.30 bits per heavy atom. The lowest BCUT2D eigenvalue weighted by atomic mass is 10.1. The third kappa shape index (κ3) is 2.95. The van der Waals surface area contributed by atoms with Crippen LogP contribution in [0.2, 0.25) is 0 Å². The average Bonchev–Trinajstić information content (AvgIpc) is 2.40. The van der Waals surface area contributed by atoms with Crippen molar-refractivity contribution < 1.29 is 17.9 Å². The molecule has 0 aliphatic rings. The maximum Gasteiger partial charge on any atom is 0.422 e. The molecule has 0 spiro atoms. The van der Waals surface area contributed by atoms with E-state index in [-0.39, 0.29) is 11.2 Å². The van der Waals surface area contributed by atoms with Gasteiger partial charge in [0.05, 0.1) is 0 Å².